The van der Waals surface area contributed by atoms with Gasteiger partial charge in [-0.2, -0.15) is 10.1 Å². The molecule has 2 aromatic carbocycles. The van der Waals surface area contributed by atoms with Gasteiger partial charge in [-0.15, -0.1) is 0 Å². The second-order valence-electron chi connectivity index (χ2n) is 7.26. The lowest BCUT2D eigenvalue weighted by Gasteiger charge is -2.19. The summed E-state index contributed by atoms with van der Waals surface area (Å²) in [7, 11) is 3.08. The van der Waals surface area contributed by atoms with Crippen LogP contribution in [0.3, 0.4) is 0 Å². The summed E-state index contributed by atoms with van der Waals surface area (Å²) in [4.78, 5) is 31.4. The number of amides is 2. The quantitative estimate of drug-likeness (QED) is 0.506. The van der Waals surface area contributed by atoms with E-state index < -0.39 is 23.9 Å². The first-order chi connectivity index (χ1) is 16.0. The van der Waals surface area contributed by atoms with Gasteiger partial charge in [0.25, 0.3) is 11.8 Å². The van der Waals surface area contributed by atoms with E-state index in [9.17, 15) is 9.59 Å². The Hall–Kier alpha value is -3.99. The van der Waals surface area contributed by atoms with Crippen molar-refractivity contribution in [1.82, 2.24) is 15.1 Å². The van der Waals surface area contributed by atoms with E-state index >= 15 is 0 Å². The van der Waals surface area contributed by atoms with Crippen LogP contribution in [0, 0.1) is 0 Å². The molecule has 2 amide bonds. The molecule has 3 aromatic rings. The Morgan fingerprint density at radius 1 is 1.09 bits per heavy atom. The molecule has 33 heavy (non-hydrogen) atoms. The summed E-state index contributed by atoms with van der Waals surface area (Å²) in [5, 5.41) is 13.8. The van der Waals surface area contributed by atoms with Crippen molar-refractivity contribution in [3.63, 3.8) is 0 Å². The smallest absolute Gasteiger partial charge is 0.263 e. The van der Waals surface area contributed by atoms with Crippen LogP contribution in [0.15, 0.2) is 57.3 Å². The number of anilines is 1. The average Bonchev–Trinajstić information content (AvgIpc) is 3.51. The highest BCUT2D eigenvalue weighted by molar-refractivity contribution is 6.31. The first kappa shape index (κ1) is 20.9. The lowest BCUT2D eigenvalue weighted by Crippen LogP contribution is -2.39. The predicted octanol–water partition coefficient (Wildman–Crippen LogP) is 2.90. The second kappa shape index (κ2) is 8.17. The minimum absolute atomic E-state index is 0.00145. The Bertz CT molecular complexity index is 1280. The standard InChI is InChI=1S/C21H17ClN6O5/c1-31-13-6-7-14(15(9-13)32-2)19-23-16(33-25-19)10-27-18-17(24-26-27)20(29)28(21(18)30)12-5-3-4-11(22)8-12/h3-9,17-18H,10H2,1-2H3/t17-,18+/m0/s1. The highest BCUT2D eigenvalue weighted by Gasteiger charge is 2.55. The number of benzene rings is 2. The van der Waals surface area contributed by atoms with Crippen molar-refractivity contribution in [2.24, 2.45) is 10.3 Å². The van der Waals surface area contributed by atoms with Crippen LogP contribution >= 0.6 is 11.6 Å². The van der Waals surface area contributed by atoms with Gasteiger partial charge >= 0.3 is 0 Å². The van der Waals surface area contributed by atoms with Crippen LogP contribution in [-0.2, 0) is 16.1 Å². The minimum Gasteiger partial charge on any atom is -0.497 e. The Kier molecular flexibility index (Phi) is 5.17. The van der Waals surface area contributed by atoms with E-state index in [0.29, 0.717) is 33.6 Å². The number of halogens is 1. The average molecular weight is 469 g/mol. The van der Waals surface area contributed by atoms with E-state index in [4.69, 9.17) is 25.6 Å². The van der Waals surface area contributed by atoms with E-state index in [2.05, 4.69) is 20.5 Å². The maximum atomic E-state index is 13.1. The number of carbonyl (C=O) groups excluding carboxylic acids is 2. The second-order valence-corrected chi connectivity index (χ2v) is 7.70. The third-order valence-corrected chi connectivity index (χ3v) is 5.57. The Balaban J connectivity index is 1.37. The molecule has 0 aliphatic carbocycles. The molecule has 3 heterocycles. The molecule has 0 spiro atoms. The molecule has 0 saturated carbocycles. The zero-order valence-corrected chi connectivity index (χ0v) is 18.3. The van der Waals surface area contributed by atoms with Gasteiger partial charge in [-0.25, -0.2) is 4.90 Å². The lowest BCUT2D eigenvalue weighted by atomic mass is 10.1. The maximum Gasteiger partial charge on any atom is 0.263 e. The summed E-state index contributed by atoms with van der Waals surface area (Å²) in [6.45, 7) is -0.00145. The van der Waals surface area contributed by atoms with Gasteiger partial charge in [-0.1, -0.05) is 28.0 Å². The molecule has 0 bridgehead atoms. The van der Waals surface area contributed by atoms with E-state index in [1.54, 1.807) is 49.6 Å². The largest absolute Gasteiger partial charge is 0.497 e. The molecule has 1 fully saturated rings. The molecule has 1 saturated heterocycles. The number of nitrogens with zero attached hydrogens (tertiary/aromatic N) is 6. The summed E-state index contributed by atoms with van der Waals surface area (Å²) in [6, 6.07) is 9.87. The summed E-state index contributed by atoms with van der Waals surface area (Å²) >= 11 is 6.02. The highest BCUT2D eigenvalue weighted by atomic mass is 35.5. The lowest BCUT2D eigenvalue weighted by molar-refractivity contribution is -0.123. The molecule has 2 aliphatic heterocycles. The van der Waals surface area contributed by atoms with Gasteiger partial charge in [0, 0.05) is 11.1 Å². The van der Waals surface area contributed by atoms with Crippen molar-refractivity contribution >= 4 is 29.1 Å². The molecule has 12 heteroatoms. The molecule has 11 nitrogen and oxygen atoms in total. The first-order valence-electron chi connectivity index (χ1n) is 9.86. The maximum absolute atomic E-state index is 13.1. The molecule has 5 rings (SSSR count). The fourth-order valence-electron chi connectivity index (χ4n) is 3.77. The molecule has 2 atom stereocenters. The van der Waals surface area contributed by atoms with Gasteiger partial charge in [0.05, 0.1) is 25.5 Å². The number of rotatable bonds is 6. The van der Waals surface area contributed by atoms with E-state index in [-0.39, 0.29) is 12.4 Å². The fraction of sp³-hybridized carbons (Fsp3) is 0.238. The minimum atomic E-state index is -0.944. The molecular formula is C21H17ClN6O5. The molecule has 168 valence electrons. The van der Waals surface area contributed by atoms with Crippen molar-refractivity contribution in [2.45, 2.75) is 18.6 Å². The number of carbonyl (C=O) groups is 2. The highest BCUT2D eigenvalue weighted by Crippen LogP contribution is 2.35. The van der Waals surface area contributed by atoms with Gasteiger partial charge in [-0.05, 0) is 30.3 Å². The van der Waals surface area contributed by atoms with E-state index in [1.807, 2.05) is 0 Å². The number of aromatic nitrogens is 2. The van der Waals surface area contributed by atoms with E-state index in [1.165, 1.54) is 12.1 Å². The SMILES string of the molecule is COc1ccc(-c2noc(CN3N=N[C@@H]4C(=O)N(c5cccc(Cl)c5)C(=O)[C@@H]43)n2)c(OC)c1. The van der Waals surface area contributed by atoms with Crippen molar-refractivity contribution in [2.75, 3.05) is 19.1 Å². The third-order valence-electron chi connectivity index (χ3n) is 5.34. The molecule has 0 N–H and O–H groups in total. The number of methoxy groups -OCH3 is 2. The van der Waals surface area contributed by atoms with Gasteiger partial charge in [-0.3, -0.25) is 14.6 Å². The van der Waals surface area contributed by atoms with Crippen LogP contribution in [0.25, 0.3) is 11.4 Å². The number of fused-ring (bicyclic) bond motifs is 1. The summed E-state index contributed by atoms with van der Waals surface area (Å²) < 4.78 is 15.9. The normalized spacial score (nSPS) is 19.4. The van der Waals surface area contributed by atoms with Crippen LogP contribution in [0.1, 0.15) is 5.89 Å². The summed E-state index contributed by atoms with van der Waals surface area (Å²) in [6.07, 6.45) is 0. The van der Waals surface area contributed by atoms with Crippen molar-refractivity contribution < 1.29 is 23.6 Å². The topological polar surface area (TPSA) is 123 Å². The van der Waals surface area contributed by atoms with Gasteiger partial charge in [0.1, 0.15) is 18.0 Å². The number of ether oxygens (including phenoxy) is 2. The third kappa shape index (κ3) is 3.55. The molecule has 2 aliphatic rings. The van der Waals surface area contributed by atoms with Crippen molar-refractivity contribution in [3.8, 4) is 22.9 Å². The Morgan fingerprint density at radius 2 is 1.94 bits per heavy atom. The van der Waals surface area contributed by atoms with Crippen molar-refractivity contribution in [3.05, 3.63) is 53.4 Å². The van der Waals surface area contributed by atoms with Crippen molar-refractivity contribution in [1.29, 1.82) is 0 Å². The Morgan fingerprint density at radius 3 is 2.70 bits per heavy atom. The van der Waals surface area contributed by atoms with Crippen LogP contribution in [0.5, 0.6) is 11.5 Å². The molecule has 0 radical (unpaired) electrons. The summed E-state index contributed by atoms with van der Waals surface area (Å²) in [5.74, 6) is 0.713. The van der Waals surface area contributed by atoms with Crippen LogP contribution < -0.4 is 14.4 Å². The zero-order valence-electron chi connectivity index (χ0n) is 17.5. The van der Waals surface area contributed by atoms with Crippen LogP contribution in [0.2, 0.25) is 5.02 Å². The first-order valence-corrected chi connectivity index (χ1v) is 10.2. The van der Waals surface area contributed by atoms with Crippen LogP contribution in [-0.4, -0.2) is 53.3 Å². The van der Waals surface area contributed by atoms with E-state index in [0.717, 1.165) is 4.90 Å². The monoisotopic (exact) mass is 468 g/mol. The molecule has 1 aromatic heterocycles. The van der Waals surface area contributed by atoms with Gasteiger partial charge in [0.2, 0.25) is 11.7 Å². The number of imide groups is 1. The number of hydrogen-bond acceptors (Lipinski definition) is 10. The van der Waals surface area contributed by atoms with Gasteiger partial charge < -0.3 is 14.0 Å². The van der Waals surface area contributed by atoms with Crippen LogP contribution in [0.4, 0.5) is 5.69 Å². The molecular weight excluding hydrogens is 452 g/mol. The summed E-state index contributed by atoms with van der Waals surface area (Å²) in [5.41, 5.74) is 0.988. The molecule has 0 unspecified atom stereocenters. The predicted molar refractivity (Wildman–Crippen MR) is 115 cm³/mol. The van der Waals surface area contributed by atoms with Gasteiger partial charge in [0.15, 0.2) is 12.1 Å². The zero-order chi connectivity index (χ0) is 23.1. The fourth-order valence-corrected chi connectivity index (χ4v) is 3.96. The number of hydrogen-bond donors (Lipinski definition) is 0. The Labute approximate surface area is 192 Å².